The molecule has 0 amide bonds. The third kappa shape index (κ3) is 7.08. The molecule has 0 saturated heterocycles. The standard InChI is InChI=1S/C27H50/c1-2-4-6-10-14-18-22-27-23-19-15-11-7-8-12-16-20-25(24-27)26(27)21-17-13-9-5-3-1/h25-26H,1-24H2. The first-order valence-electron chi connectivity index (χ1n) is 13.4. The van der Waals surface area contributed by atoms with Gasteiger partial charge in [-0.25, -0.2) is 0 Å². The molecule has 158 valence electrons. The molecule has 1 spiro atoms. The lowest BCUT2D eigenvalue weighted by molar-refractivity contribution is -0.0725. The predicted octanol–water partition coefficient (Wildman–Crippen LogP) is 9.61. The van der Waals surface area contributed by atoms with Crippen LogP contribution in [0.5, 0.6) is 0 Å². The molecule has 27 heavy (non-hydrogen) atoms. The normalized spacial score (nSPS) is 36.4. The number of rotatable bonds is 0. The molecular weight excluding hydrogens is 324 g/mol. The molecule has 3 saturated carbocycles. The molecule has 0 aromatic carbocycles. The third-order valence-electron chi connectivity index (χ3n) is 8.71. The Bertz CT molecular complexity index is 368. The van der Waals surface area contributed by atoms with Gasteiger partial charge in [0.1, 0.15) is 0 Å². The van der Waals surface area contributed by atoms with Crippen molar-refractivity contribution in [2.24, 2.45) is 17.3 Å². The van der Waals surface area contributed by atoms with Crippen LogP contribution in [0.3, 0.4) is 0 Å². The molecule has 0 radical (unpaired) electrons. The van der Waals surface area contributed by atoms with Crippen molar-refractivity contribution >= 4 is 0 Å². The van der Waals surface area contributed by atoms with E-state index in [0.29, 0.717) is 0 Å². The van der Waals surface area contributed by atoms with Gasteiger partial charge in [0.05, 0.1) is 0 Å². The Balaban J connectivity index is 1.58. The Kier molecular flexibility index (Phi) is 10.1. The van der Waals surface area contributed by atoms with Crippen LogP contribution in [-0.2, 0) is 0 Å². The fourth-order valence-electron chi connectivity index (χ4n) is 7.08. The number of hydrogen-bond acceptors (Lipinski definition) is 0. The van der Waals surface area contributed by atoms with Gasteiger partial charge in [0.25, 0.3) is 0 Å². The number of fused-ring (bicyclic) bond motifs is 2. The largest absolute Gasteiger partial charge is 0.0533 e. The SMILES string of the molecule is C1CCCCCCCC23CCCCCCCCCC(C2)C3CCCCCC1. The summed E-state index contributed by atoms with van der Waals surface area (Å²) in [7, 11) is 0. The first kappa shape index (κ1) is 21.7. The van der Waals surface area contributed by atoms with E-state index in [9.17, 15) is 0 Å². The summed E-state index contributed by atoms with van der Waals surface area (Å²) >= 11 is 0. The molecule has 0 aliphatic heterocycles. The predicted molar refractivity (Wildman–Crippen MR) is 120 cm³/mol. The average molecular weight is 375 g/mol. The summed E-state index contributed by atoms with van der Waals surface area (Å²) in [6, 6.07) is 0. The molecule has 3 aliphatic rings. The van der Waals surface area contributed by atoms with Crippen molar-refractivity contribution in [3.05, 3.63) is 0 Å². The smallest absolute Gasteiger partial charge is 0.0264 e. The second-order valence-electron chi connectivity index (χ2n) is 10.7. The lowest BCUT2D eigenvalue weighted by Crippen LogP contribution is -2.48. The fourth-order valence-corrected chi connectivity index (χ4v) is 7.08. The number of hydrogen-bond donors (Lipinski definition) is 0. The maximum Gasteiger partial charge on any atom is -0.0264 e. The van der Waals surface area contributed by atoms with E-state index < -0.39 is 0 Å². The van der Waals surface area contributed by atoms with Gasteiger partial charge < -0.3 is 0 Å². The van der Waals surface area contributed by atoms with Gasteiger partial charge in [-0.2, -0.15) is 0 Å². The van der Waals surface area contributed by atoms with E-state index in [0.717, 1.165) is 17.3 Å². The van der Waals surface area contributed by atoms with Crippen molar-refractivity contribution in [3.63, 3.8) is 0 Å². The van der Waals surface area contributed by atoms with Crippen LogP contribution < -0.4 is 0 Å². The van der Waals surface area contributed by atoms with E-state index >= 15 is 0 Å². The molecule has 0 heteroatoms. The molecule has 3 fully saturated rings. The van der Waals surface area contributed by atoms with E-state index in [1.165, 1.54) is 103 Å². The Morgan fingerprint density at radius 3 is 1.22 bits per heavy atom. The maximum atomic E-state index is 1.62. The Hall–Kier alpha value is 0. The molecular formula is C27H50. The highest BCUT2D eigenvalue weighted by molar-refractivity contribution is 5.00. The molecule has 0 aromatic rings. The first-order valence-corrected chi connectivity index (χ1v) is 13.4. The fraction of sp³-hybridized carbons (Fsp3) is 1.00. The van der Waals surface area contributed by atoms with Gasteiger partial charge in [0, 0.05) is 0 Å². The van der Waals surface area contributed by atoms with Crippen molar-refractivity contribution in [2.75, 3.05) is 0 Å². The zero-order valence-electron chi connectivity index (χ0n) is 18.6. The minimum absolute atomic E-state index is 0.793. The van der Waals surface area contributed by atoms with E-state index in [2.05, 4.69) is 0 Å². The molecule has 3 aliphatic carbocycles. The highest BCUT2D eigenvalue weighted by atomic mass is 14.6. The molecule has 3 unspecified atom stereocenters. The van der Waals surface area contributed by atoms with Gasteiger partial charge >= 0.3 is 0 Å². The van der Waals surface area contributed by atoms with E-state index in [1.807, 2.05) is 0 Å². The zero-order chi connectivity index (χ0) is 18.6. The summed E-state index contributed by atoms with van der Waals surface area (Å²) in [4.78, 5) is 0. The lowest BCUT2D eigenvalue weighted by Gasteiger charge is -2.57. The quantitative estimate of drug-likeness (QED) is 0.396. The van der Waals surface area contributed by atoms with Gasteiger partial charge in [0.15, 0.2) is 0 Å². The molecule has 0 N–H and O–H groups in total. The van der Waals surface area contributed by atoms with Crippen LogP contribution >= 0.6 is 0 Å². The molecule has 3 rings (SSSR count). The lowest BCUT2D eigenvalue weighted by atomic mass is 9.48. The van der Waals surface area contributed by atoms with Gasteiger partial charge in [-0.15, -0.1) is 0 Å². The van der Waals surface area contributed by atoms with E-state index in [-0.39, 0.29) is 0 Å². The summed E-state index contributed by atoms with van der Waals surface area (Å²) < 4.78 is 0. The topological polar surface area (TPSA) is 0 Å². The van der Waals surface area contributed by atoms with Gasteiger partial charge in [-0.3, -0.25) is 0 Å². The van der Waals surface area contributed by atoms with Crippen molar-refractivity contribution in [2.45, 2.75) is 154 Å². The Morgan fingerprint density at radius 2 is 0.741 bits per heavy atom. The highest BCUT2D eigenvalue weighted by Crippen LogP contribution is 2.60. The van der Waals surface area contributed by atoms with Crippen LogP contribution in [-0.4, -0.2) is 0 Å². The molecule has 0 aromatic heterocycles. The summed E-state index contributed by atoms with van der Waals surface area (Å²) in [6.45, 7) is 0. The molecule has 3 atom stereocenters. The molecule has 0 heterocycles. The Morgan fingerprint density at radius 1 is 0.370 bits per heavy atom. The van der Waals surface area contributed by atoms with Crippen molar-refractivity contribution < 1.29 is 0 Å². The van der Waals surface area contributed by atoms with Crippen LogP contribution in [0, 0.1) is 17.3 Å². The van der Waals surface area contributed by atoms with Crippen LogP contribution in [0.2, 0.25) is 0 Å². The van der Waals surface area contributed by atoms with Gasteiger partial charge in [-0.1, -0.05) is 128 Å². The summed E-state index contributed by atoms with van der Waals surface area (Å²) in [5.74, 6) is 2.23. The Labute approximate surface area is 171 Å². The van der Waals surface area contributed by atoms with Crippen molar-refractivity contribution in [3.8, 4) is 0 Å². The average Bonchev–Trinajstić information content (AvgIpc) is 2.65. The first-order chi connectivity index (χ1) is 13.4. The second kappa shape index (κ2) is 12.5. The van der Waals surface area contributed by atoms with E-state index in [1.54, 1.807) is 51.4 Å². The van der Waals surface area contributed by atoms with Crippen LogP contribution in [0.25, 0.3) is 0 Å². The van der Waals surface area contributed by atoms with Crippen molar-refractivity contribution in [1.82, 2.24) is 0 Å². The maximum absolute atomic E-state index is 1.62. The van der Waals surface area contributed by atoms with Gasteiger partial charge in [0.2, 0.25) is 0 Å². The van der Waals surface area contributed by atoms with E-state index in [4.69, 9.17) is 0 Å². The monoisotopic (exact) mass is 374 g/mol. The third-order valence-corrected chi connectivity index (χ3v) is 8.71. The summed E-state index contributed by atoms with van der Waals surface area (Å²) in [5.41, 5.74) is 0.793. The minimum atomic E-state index is 0.793. The highest BCUT2D eigenvalue weighted by Gasteiger charge is 2.51. The van der Waals surface area contributed by atoms with Crippen LogP contribution in [0.15, 0.2) is 0 Å². The molecule has 2 bridgehead atoms. The zero-order valence-corrected chi connectivity index (χ0v) is 18.6. The van der Waals surface area contributed by atoms with Crippen molar-refractivity contribution in [1.29, 1.82) is 0 Å². The van der Waals surface area contributed by atoms with Crippen LogP contribution in [0.1, 0.15) is 154 Å². The van der Waals surface area contributed by atoms with Gasteiger partial charge in [-0.05, 0) is 42.9 Å². The summed E-state index contributed by atoms with van der Waals surface area (Å²) in [6.07, 6.45) is 36.9. The summed E-state index contributed by atoms with van der Waals surface area (Å²) in [5, 5.41) is 0. The second-order valence-corrected chi connectivity index (χ2v) is 10.7. The molecule has 0 nitrogen and oxygen atoms in total. The minimum Gasteiger partial charge on any atom is -0.0533 e. The van der Waals surface area contributed by atoms with Crippen LogP contribution in [0.4, 0.5) is 0 Å².